The van der Waals surface area contributed by atoms with Crippen molar-refractivity contribution in [2.45, 2.75) is 44.8 Å². The van der Waals surface area contributed by atoms with Gasteiger partial charge in [0.25, 0.3) is 0 Å². The van der Waals surface area contributed by atoms with Gasteiger partial charge < -0.3 is 19.5 Å². The molecule has 204 valence electrons. The molecule has 2 aromatic carbocycles. The first-order valence-corrected chi connectivity index (χ1v) is 13.0. The van der Waals surface area contributed by atoms with Crippen molar-refractivity contribution in [3.63, 3.8) is 0 Å². The lowest BCUT2D eigenvalue weighted by atomic mass is 9.84. The predicted molar refractivity (Wildman–Crippen MR) is 139 cm³/mol. The minimum Gasteiger partial charge on any atom is -0.385 e. The van der Waals surface area contributed by atoms with Crippen LogP contribution in [0.5, 0.6) is 0 Å². The topological polar surface area (TPSA) is 65.6 Å². The van der Waals surface area contributed by atoms with E-state index in [9.17, 15) is 22.8 Å². The molecular weight excluding hydrogens is 495 g/mol. The monoisotopic (exact) mass is 529 g/mol. The fourth-order valence-electron chi connectivity index (χ4n) is 4.75. The molecule has 0 aliphatic heterocycles. The molecule has 1 saturated carbocycles. The molecule has 2 amide bonds. The van der Waals surface area contributed by atoms with Crippen LogP contribution in [0.3, 0.4) is 0 Å². The zero-order chi connectivity index (χ0) is 27.1. The number of ether oxygens (including phenoxy) is 1. The predicted octanol–water partition coefficient (Wildman–Crippen LogP) is 5.42. The van der Waals surface area contributed by atoms with E-state index in [1.807, 2.05) is 30.5 Å². The zero-order valence-electron chi connectivity index (χ0n) is 21.6. The summed E-state index contributed by atoms with van der Waals surface area (Å²) >= 11 is 0. The number of hydrogen-bond acceptors (Lipinski definition) is 3. The van der Waals surface area contributed by atoms with E-state index in [0.29, 0.717) is 38.1 Å². The van der Waals surface area contributed by atoms with Crippen LogP contribution in [0.25, 0.3) is 10.9 Å². The van der Waals surface area contributed by atoms with Gasteiger partial charge in [-0.3, -0.25) is 9.59 Å². The number of halogens is 3. The summed E-state index contributed by atoms with van der Waals surface area (Å²) in [6, 6.07) is 12.8. The number of aromatic nitrogens is 1. The van der Waals surface area contributed by atoms with Crippen LogP contribution in [-0.2, 0) is 33.5 Å². The van der Waals surface area contributed by atoms with Crippen LogP contribution in [0.2, 0.25) is 0 Å². The Labute approximate surface area is 220 Å². The first-order chi connectivity index (χ1) is 18.3. The van der Waals surface area contributed by atoms with Crippen molar-refractivity contribution in [3.05, 3.63) is 71.4 Å². The smallest absolute Gasteiger partial charge is 0.385 e. The highest BCUT2D eigenvalue weighted by molar-refractivity contribution is 5.86. The maximum atomic E-state index is 13.6. The summed E-state index contributed by atoms with van der Waals surface area (Å²) in [5, 5.41) is 1.07. The Morgan fingerprint density at radius 2 is 1.76 bits per heavy atom. The third-order valence-electron chi connectivity index (χ3n) is 7.20. The highest BCUT2D eigenvalue weighted by atomic mass is 19.4. The van der Waals surface area contributed by atoms with Crippen LogP contribution in [0.1, 0.15) is 42.4 Å². The second kappa shape index (κ2) is 12.5. The number of nitrogens with one attached hydrogen (secondary N) is 1. The normalized spacial score (nSPS) is 13.9. The average molecular weight is 530 g/mol. The number of fused-ring (bicyclic) bond motifs is 1. The van der Waals surface area contributed by atoms with Gasteiger partial charge in [-0.15, -0.1) is 0 Å². The number of benzene rings is 2. The van der Waals surface area contributed by atoms with Gasteiger partial charge in [0, 0.05) is 56.4 Å². The van der Waals surface area contributed by atoms with E-state index in [1.54, 1.807) is 16.9 Å². The van der Waals surface area contributed by atoms with Crippen LogP contribution < -0.4 is 0 Å². The van der Waals surface area contributed by atoms with E-state index in [-0.39, 0.29) is 30.8 Å². The molecule has 1 heterocycles. The van der Waals surface area contributed by atoms with E-state index >= 15 is 0 Å². The van der Waals surface area contributed by atoms with Crippen molar-refractivity contribution in [2.75, 3.05) is 33.4 Å². The molecule has 0 saturated heterocycles. The van der Waals surface area contributed by atoms with Crippen molar-refractivity contribution in [1.29, 1.82) is 0 Å². The van der Waals surface area contributed by atoms with Crippen molar-refractivity contribution in [2.24, 2.45) is 5.92 Å². The van der Waals surface area contributed by atoms with Crippen molar-refractivity contribution < 1.29 is 27.5 Å². The number of alkyl halides is 3. The molecule has 3 aromatic rings. The Morgan fingerprint density at radius 1 is 1.03 bits per heavy atom. The molecule has 9 heteroatoms. The van der Waals surface area contributed by atoms with Crippen LogP contribution >= 0.6 is 0 Å². The van der Waals surface area contributed by atoms with Crippen molar-refractivity contribution in [1.82, 2.24) is 14.8 Å². The Bertz CT molecular complexity index is 1220. The van der Waals surface area contributed by atoms with Gasteiger partial charge in [0.2, 0.25) is 11.8 Å². The molecule has 1 fully saturated rings. The Balaban J connectivity index is 1.51. The number of carbonyl (C=O) groups is 2. The van der Waals surface area contributed by atoms with Crippen molar-refractivity contribution >= 4 is 22.7 Å². The molecule has 0 spiro atoms. The van der Waals surface area contributed by atoms with Gasteiger partial charge in [0.15, 0.2) is 0 Å². The van der Waals surface area contributed by atoms with Crippen LogP contribution in [-0.4, -0.2) is 59.9 Å². The number of hydrogen-bond donors (Lipinski definition) is 1. The van der Waals surface area contributed by atoms with E-state index in [2.05, 4.69) is 4.98 Å². The van der Waals surface area contributed by atoms with Gasteiger partial charge in [-0.2, -0.15) is 13.2 Å². The van der Waals surface area contributed by atoms with Gasteiger partial charge in [-0.1, -0.05) is 36.8 Å². The number of aromatic amines is 1. The van der Waals surface area contributed by atoms with Gasteiger partial charge in [-0.05, 0) is 55.0 Å². The SMILES string of the molecule is COCCCN(CC(=O)N(CCc1c[nH]c2ccccc12)Cc1ccc(C(F)(F)F)cc1)C(=O)C1CCC1. The summed E-state index contributed by atoms with van der Waals surface area (Å²) in [6.45, 7) is 1.37. The number of methoxy groups -OCH3 is 1. The molecule has 1 aliphatic carbocycles. The Kier molecular flexibility index (Phi) is 9.09. The Morgan fingerprint density at radius 3 is 2.42 bits per heavy atom. The van der Waals surface area contributed by atoms with Crippen LogP contribution in [0.4, 0.5) is 13.2 Å². The summed E-state index contributed by atoms with van der Waals surface area (Å²) in [7, 11) is 1.60. The summed E-state index contributed by atoms with van der Waals surface area (Å²) in [5.41, 5.74) is 1.92. The van der Waals surface area contributed by atoms with Gasteiger partial charge in [-0.25, -0.2) is 0 Å². The molecular formula is C29H34F3N3O3. The van der Waals surface area contributed by atoms with E-state index in [1.165, 1.54) is 12.1 Å². The molecule has 1 aliphatic rings. The molecule has 1 aromatic heterocycles. The highest BCUT2D eigenvalue weighted by Gasteiger charge is 2.32. The maximum Gasteiger partial charge on any atom is 0.416 e. The lowest BCUT2D eigenvalue weighted by Gasteiger charge is -2.33. The summed E-state index contributed by atoms with van der Waals surface area (Å²) < 4.78 is 44.3. The molecule has 6 nitrogen and oxygen atoms in total. The average Bonchev–Trinajstić information content (AvgIpc) is 3.27. The molecule has 0 atom stereocenters. The molecule has 0 unspecified atom stereocenters. The minimum absolute atomic E-state index is 0.00758. The third-order valence-corrected chi connectivity index (χ3v) is 7.20. The first-order valence-electron chi connectivity index (χ1n) is 13.0. The second-order valence-corrected chi connectivity index (χ2v) is 9.85. The summed E-state index contributed by atoms with van der Waals surface area (Å²) in [5.74, 6) is -0.276. The molecule has 0 radical (unpaired) electrons. The zero-order valence-corrected chi connectivity index (χ0v) is 21.6. The molecule has 1 N–H and O–H groups in total. The second-order valence-electron chi connectivity index (χ2n) is 9.85. The van der Waals surface area contributed by atoms with Crippen molar-refractivity contribution in [3.8, 4) is 0 Å². The molecule has 4 rings (SSSR count). The number of nitrogens with zero attached hydrogens (tertiary/aromatic N) is 2. The fourth-order valence-corrected chi connectivity index (χ4v) is 4.75. The third kappa shape index (κ3) is 6.95. The number of para-hydroxylation sites is 1. The quantitative estimate of drug-likeness (QED) is 0.319. The molecule has 0 bridgehead atoms. The van der Waals surface area contributed by atoms with Gasteiger partial charge in [0.1, 0.15) is 0 Å². The largest absolute Gasteiger partial charge is 0.416 e. The maximum absolute atomic E-state index is 13.6. The summed E-state index contributed by atoms with van der Waals surface area (Å²) in [4.78, 5) is 33.1. The Hall–Kier alpha value is -3.33. The number of amides is 2. The lowest BCUT2D eigenvalue weighted by molar-refractivity contribution is -0.145. The van der Waals surface area contributed by atoms with Gasteiger partial charge >= 0.3 is 6.18 Å². The number of H-pyrrole nitrogens is 1. The first kappa shape index (κ1) is 27.7. The highest BCUT2D eigenvalue weighted by Crippen LogP contribution is 2.30. The van der Waals surface area contributed by atoms with E-state index < -0.39 is 11.7 Å². The number of rotatable bonds is 12. The van der Waals surface area contributed by atoms with Crippen LogP contribution in [0, 0.1) is 5.92 Å². The number of carbonyl (C=O) groups excluding carboxylic acids is 2. The minimum atomic E-state index is -4.42. The van der Waals surface area contributed by atoms with E-state index in [4.69, 9.17) is 4.74 Å². The fraction of sp³-hybridized carbons (Fsp3) is 0.448. The van der Waals surface area contributed by atoms with E-state index in [0.717, 1.165) is 47.9 Å². The van der Waals surface area contributed by atoms with Crippen LogP contribution in [0.15, 0.2) is 54.7 Å². The van der Waals surface area contributed by atoms with Gasteiger partial charge in [0.05, 0.1) is 12.1 Å². The molecule has 38 heavy (non-hydrogen) atoms. The standard InChI is InChI=1S/C29H34F3N3O3/c1-38-17-5-15-35(28(37)22-6-4-7-22)20-27(36)34(19-21-10-12-24(13-11-21)29(30,31)32)16-14-23-18-33-26-9-3-2-8-25(23)26/h2-3,8-13,18,22,33H,4-7,14-17,19-20H2,1H3. The summed E-state index contributed by atoms with van der Waals surface area (Å²) in [6.07, 6.45) is 1.37. The lowest BCUT2D eigenvalue weighted by Crippen LogP contribution is -2.46.